The van der Waals surface area contributed by atoms with Gasteiger partial charge in [0, 0.05) is 12.2 Å². The molecule has 2 aromatic rings. The van der Waals surface area contributed by atoms with E-state index in [4.69, 9.17) is 0 Å². The molecule has 1 aliphatic rings. The quantitative estimate of drug-likeness (QED) is 0.340. The molecule has 0 heterocycles. The summed E-state index contributed by atoms with van der Waals surface area (Å²) in [5, 5.41) is 9.39. The van der Waals surface area contributed by atoms with E-state index in [1.165, 1.54) is 54.6 Å². The summed E-state index contributed by atoms with van der Waals surface area (Å²) in [5.41, 5.74) is 4.49. The Bertz CT molecular complexity index is 802. The van der Waals surface area contributed by atoms with Crippen LogP contribution in [-0.4, -0.2) is 17.7 Å². The number of unbranched alkanes of at least 4 members (excludes halogenated alkanes) is 1. The van der Waals surface area contributed by atoms with Crippen molar-refractivity contribution in [1.29, 1.82) is 0 Å². The molecule has 0 atom stereocenters. The van der Waals surface area contributed by atoms with Crippen LogP contribution in [0.5, 0.6) is 0 Å². The highest BCUT2D eigenvalue weighted by Gasteiger charge is 2.22. The third-order valence-corrected chi connectivity index (χ3v) is 6.44. The zero-order valence-corrected chi connectivity index (χ0v) is 18.2. The van der Waals surface area contributed by atoms with Gasteiger partial charge < -0.3 is 5.11 Å². The van der Waals surface area contributed by atoms with E-state index >= 15 is 0 Å². The Balaban J connectivity index is 1.59. The smallest absolute Gasteiger partial charge is 0.411 e. The van der Waals surface area contributed by atoms with Crippen LogP contribution in [0.2, 0.25) is 0 Å². The summed E-state index contributed by atoms with van der Waals surface area (Å²) in [5.74, 6) is 1.59. The Morgan fingerprint density at radius 2 is 1.63 bits per heavy atom. The molecule has 3 heteroatoms. The maximum Gasteiger partial charge on any atom is 0.411 e. The summed E-state index contributed by atoms with van der Waals surface area (Å²) in [4.78, 5) is 12.8. The summed E-state index contributed by atoms with van der Waals surface area (Å²) in [6, 6.07) is 16.8. The lowest BCUT2D eigenvalue weighted by Crippen LogP contribution is -2.29. The maximum atomic E-state index is 11.4. The second-order valence-electron chi connectivity index (χ2n) is 8.54. The van der Waals surface area contributed by atoms with Gasteiger partial charge in [-0.2, -0.15) is 0 Å². The van der Waals surface area contributed by atoms with Crippen molar-refractivity contribution in [2.75, 3.05) is 11.4 Å². The molecule has 0 unspecified atom stereocenters. The van der Waals surface area contributed by atoms with Gasteiger partial charge in [0.05, 0.1) is 0 Å². The van der Waals surface area contributed by atoms with Crippen LogP contribution in [0.1, 0.15) is 69.8 Å². The summed E-state index contributed by atoms with van der Waals surface area (Å²) >= 11 is 0. The van der Waals surface area contributed by atoms with E-state index < -0.39 is 6.09 Å². The Morgan fingerprint density at radius 1 is 1.03 bits per heavy atom. The van der Waals surface area contributed by atoms with Gasteiger partial charge in [-0.25, -0.2) is 4.79 Å². The van der Waals surface area contributed by atoms with Crippen LogP contribution in [0.25, 0.3) is 11.1 Å². The van der Waals surface area contributed by atoms with Crippen molar-refractivity contribution in [1.82, 2.24) is 0 Å². The fourth-order valence-corrected chi connectivity index (χ4v) is 4.68. The fraction of sp³-hybridized carbons (Fsp3) is 0.444. The molecule has 160 valence electrons. The van der Waals surface area contributed by atoms with Crippen LogP contribution in [0.3, 0.4) is 0 Å². The zero-order valence-electron chi connectivity index (χ0n) is 18.2. The Kier molecular flexibility index (Phi) is 8.12. The Morgan fingerprint density at radius 3 is 2.17 bits per heavy atom. The van der Waals surface area contributed by atoms with Gasteiger partial charge in [-0.15, -0.1) is 6.58 Å². The van der Waals surface area contributed by atoms with Gasteiger partial charge >= 0.3 is 6.09 Å². The van der Waals surface area contributed by atoms with Crippen LogP contribution in [-0.2, 0) is 0 Å². The minimum Gasteiger partial charge on any atom is -0.465 e. The molecule has 1 saturated carbocycles. The van der Waals surface area contributed by atoms with Gasteiger partial charge in [0.1, 0.15) is 0 Å². The second-order valence-corrected chi connectivity index (χ2v) is 8.54. The molecule has 0 spiro atoms. The Labute approximate surface area is 181 Å². The van der Waals surface area contributed by atoms with Crippen molar-refractivity contribution in [3.8, 4) is 11.1 Å². The first-order chi connectivity index (χ1) is 14.6. The molecule has 1 N–H and O–H groups in total. The average Bonchev–Trinajstić information content (AvgIpc) is 2.78. The van der Waals surface area contributed by atoms with E-state index in [0.717, 1.165) is 30.0 Å². The van der Waals surface area contributed by atoms with E-state index in [1.807, 2.05) is 37.3 Å². The third kappa shape index (κ3) is 5.75. The SMILES string of the molecule is C=CCCCC1CCC(c2ccc(-c3ccc(N(CCC)C(=O)O)cc3)cc2)CC1. The lowest BCUT2D eigenvalue weighted by molar-refractivity contribution is 0.202. The van der Waals surface area contributed by atoms with Crippen molar-refractivity contribution in [3.63, 3.8) is 0 Å². The minimum atomic E-state index is -0.899. The highest BCUT2D eigenvalue weighted by Crippen LogP contribution is 2.38. The summed E-state index contributed by atoms with van der Waals surface area (Å²) in [6.07, 6.45) is 11.0. The van der Waals surface area contributed by atoms with Crippen LogP contribution < -0.4 is 4.90 Å². The van der Waals surface area contributed by atoms with Gasteiger partial charge in [0.2, 0.25) is 0 Å². The normalized spacial score (nSPS) is 18.7. The van der Waals surface area contributed by atoms with Crippen molar-refractivity contribution < 1.29 is 9.90 Å². The highest BCUT2D eigenvalue weighted by molar-refractivity contribution is 5.86. The molecule has 30 heavy (non-hydrogen) atoms. The van der Waals surface area contributed by atoms with Crippen molar-refractivity contribution in [2.45, 2.75) is 64.2 Å². The number of hydrogen-bond acceptors (Lipinski definition) is 1. The first-order valence-electron chi connectivity index (χ1n) is 11.4. The van der Waals surface area contributed by atoms with Crippen LogP contribution in [0.15, 0.2) is 61.2 Å². The molecule has 0 radical (unpaired) electrons. The zero-order chi connectivity index (χ0) is 21.3. The topological polar surface area (TPSA) is 40.5 Å². The Hall–Kier alpha value is -2.55. The largest absolute Gasteiger partial charge is 0.465 e. The summed E-state index contributed by atoms with van der Waals surface area (Å²) in [6.45, 7) is 6.33. The minimum absolute atomic E-state index is 0.514. The molecule has 2 aromatic carbocycles. The predicted octanol–water partition coefficient (Wildman–Crippen LogP) is 7.88. The lowest BCUT2D eigenvalue weighted by atomic mass is 9.77. The molecule has 3 nitrogen and oxygen atoms in total. The number of carbonyl (C=O) groups is 1. The number of hydrogen-bond donors (Lipinski definition) is 1. The third-order valence-electron chi connectivity index (χ3n) is 6.44. The lowest BCUT2D eigenvalue weighted by Gasteiger charge is -2.29. The molecule has 0 saturated heterocycles. The molecular formula is C27H35NO2. The van der Waals surface area contributed by atoms with E-state index in [9.17, 15) is 9.90 Å². The molecule has 0 bridgehead atoms. The number of carboxylic acid groups (broad SMARTS) is 1. The molecule has 0 aliphatic heterocycles. The molecule has 1 fully saturated rings. The predicted molar refractivity (Wildman–Crippen MR) is 126 cm³/mol. The van der Waals surface area contributed by atoms with Crippen LogP contribution in [0, 0.1) is 5.92 Å². The van der Waals surface area contributed by atoms with E-state index in [0.29, 0.717) is 12.5 Å². The summed E-state index contributed by atoms with van der Waals surface area (Å²) < 4.78 is 0. The molecule has 1 amide bonds. The number of rotatable bonds is 9. The van der Waals surface area contributed by atoms with Gasteiger partial charge in [0.25, 0.3) is 0 Å². The fourth-order valence-electron chi connectivity index (χ4n) is 4.68. The van der Waals surface area contributed by atoms with Gasteiger partial charge in [-0.1, -0.05) is 55.8 Å². The first-order valence-corrected chi connectivity index (χ1v) is 11.4. The first kappa shape index (κ1) is 22.1. The monoisotopic (exact) mass is 405 g/mol. The van der Waals surface area contributed by atoms with Gasteiger partial charge in [-0.3, -0.25) is 4.90 Å². The van der Waals surface area contributed by atoms with Crippen LogP contribution >= 0.6 is 0 Å². The van der Waals surface area contributed by atoms with Gasteiger partial charge in [-0.05, 0) is 85.6 Å². The van der Waals surface area contributed by atoms with Crippen molar-refractivity contribution >= 4 is 11.8 Å². The van der Waals surface area contributed by atoms with E-state index in [2.05, 4.69) is 30.8 Å². The molecule has 1 aliphatic carbocycles. The van der Waals surface area contributed by atoms with E-state index in [1.54, 1.807) is 0 Å². The summed E-state index contributed by atoms with van der Waals surface area (Å²) in [7, 11) is 0. The number of nitrogens with zero attached hydrogens (tertiary/aromatic N) is 1. The van der Waals surface area contributed by atoms with Crippen molar-refractivity contribution in [3.05, 3.63) is 66.7 Å². The van der Waals surface area contributed by atoms with Crippen molar-refractivity contribution in [2.24, 2.45) is 5.92 Å². The number of benzene rings is 2. The molecule has 3 rings (SSSR count). The molecular weight excluding hydrogens is 370 g/mol. The maximum absolute atomic E-state index is 11.4. The average molecular weight is 406 g/mol. The number of anilines is 1. The van der Waals surface area contributed by atoms with E-state index in [-0.39, 0.29) is 0 Å². The van der Waals surface area contributed by atoms with Gasteiger partial charge in [0.15, 0.2) is 0 Å². The standard InChI is InChI=1S/C27H35NO2/c1-3-5-6-7-21-8-10-22(11-9-21)23-12-14-24(15-13-23)25-16-18-26(19-17-25)28(20-4-2)27(29)30/h3,12-19,21-22H,1,4-11,20H2,2H3,(H,29,30). The van der Waals surface area contributed by atoms with Crippen LogP contribution in [0.4, 0.5) is 10.5 Å². The number of allylic oxidation sites excluding steroid dienone is 1. The molecule has 0 aromatic heterocycles. The number of amides is 1. The second kappa shape index (κ2) is 11.0. The highest BCUT2D eigenvalue weighted by atomic mass is 16.4.